The molecule has 2 N–H and O–H groups in total. The number of hydrogen-bond acceptors (Lipinski definition) is 7. The summed E-state index contributed by atoms with van der Waals surface area (Å²) in [4.78, 5) is 52.9. The van der Waals surface area contributed by atoms with Crippen LogP contribution in [0.15, 0.2) is 78.9 Å². The Kier molecular flexibility index (Phi) is 11.8. The van der Waals surface area contributed by atoms with Gasteiger partial charge in [-0.2, -0.15) is 8.78 Å². The number of nitrogens with one attached hydrogen (secondary N) is 2. The van der Waals surface area contributed by atoms with E-state index in [1.54, 1.807) is 51.1 Å². The van der Waals surface area contributed by atoms with E-state index in [2.05, 4.69) is 15.4 Å². The molecule has 0 aromatic heterocycles. The largest absolute Gasteiger partial charge is 0.460 e. The molecule has 0 saturated heterocycles. The summed E-state index contributed by atoms with van der Waals surface area (Å²) in [6.45, 7) is 4.78. The molecule has 0 spiro atoms. The number of halogens is 5. The number of rotatable bonds is 12. The molecule has 0 saturated carbocycles. The predicted octanol–water partition coefficient (Wildman–Crippen LogP) is 7.04. The molecular formula is C39H35F5N2O7. The quantitative estimate of drug-likeness (QED) is 0.0526. The van der Waals surface area contributed by atoms with Crippen molar-refractivity contribution in [2.75, 3.05) is 6.61 Å². The molecule has 4 aromatic carbocycles. The highest BCUT2D eigenvalue weighted by molar-refractivity contribution is 5.91. The fraction of sp³-hybridized carbons (Fsp3) is 0.282. The highest BCUT2D eigenvalue weighted by Crippen LogP contribution is 2.44. The zero-order valence-electron chi connectivity index (χ0n) is 28.8. The van der Waals surface area contributed by atoms with E-state index in [1.165, 1.54) is 0 Å². The minimum absolute atomic E-state index is 0.120. The first-order valence-electron chi connectivity index (χ1n) is 16.5. The van der Waals surface area contributed by atoms with E-state index in [-0.39, 0.29) is 31.8 Å². The Labute approximate surface area is 301 Å². The summed E-state index contributed by atoms with van der Waals surface area (Å²) in [5, 5.41) is 4.73. The minimum Gasteiger partial charge on any atom is -0.460 e. The SMILES string of the molecule is CC(C)(C)OC(=O)CC[C@H](NC(=O)OCC1c2ccccc2-c2ccccc21)C(=O)N[C@@H](Cc1ccccc1)C(=O)Oc1c(F)c(F)c(F)c(F)c1F. The number of carbonyl (C=O) groups is 4. The van der Waals surface area contributed by atoms with Crippen molar-refractivity contribution < 1.29 is 55.3 Å². The first-order chi connectivity index (χ1) is 25.1. The maximum atomic E-state index is 14.4. The van der Waals surface area contributed by atoms with Crippen molar-refractivity contribution in [2.24, 2.45) is 0 Å². The van der Waals surface area contributed by atoms with Gasteiger partial charge >= 0.3 is 18.0 Å². The van der Waals surface area contributed by atoms with Crippen LogP contribution in [0, 0.1) is 29.1 Å². The molecule has 0 unspecified atom stereocenters. The van der Waals surface area contributed by atoms with Crippen molar-refractivity contribution in [1.29, 1.82) is 0 Å². The number of benzene rings is 4. The number of ether oxygens (including phenoxy) is 3. The summed E-state index contributed by atoms with van der Waals surface area (Å²) in [5.41, 5.74) is 3.35. The smallest absolute Gasteiger partial charge is 0.407 e. The van der Waals surface area contributed by atoms with Gasteiger partial charge in [0.1, 0.15) is 24.3 Å². The molecule has 1 aliphatic rings. The zero-order chi connectivity index (χ0) is 38.4. The monoisotopic (exact) mass is 738 g/mol. The van der Waals surface area contributed by atoms with E-state index in [4.69, 9.17) is 9.47 Å². The molecule has 1 aliphatic carbocycles. The Morgan fingerprint density at radius 2 is 1.23 bits per heavy atom. The van der Waals surface area contributed by atoms with Gasteiger partial charge in [0.25, 0.3) is 0 Å². The maximum Gasteiger partial charge on any atom is 0.407 e. The average molecular weight is 739 g/mol. The van der Waals surface area contributed by atoms with Gasteiger partial charge in [-0.15, -0.1) is 0 Å². The van der Waals surface area contributed by atoms with Gasteiger partial charge in [0.2, 0.25) is 40.7 Å². The van der Waals surface area contributed by atoms with Crippen LogP contribution in [0.2, 0.25) is 0 Å². The molecule has 0 radical (unpaired) electrons. The number of alkyl carbamates (subject to hydrolysis) is 1. The van der Waals surface area contributed by atoms with Crippen molar-refractivity contribution in [3.8, 4) is 16.9 Å². The van der Waals surface area contributed by atoms with Crippen LogP contribution >= 0.6 is 0 Å². The lowest BCUT2D eigenvalue weighted by atomic mass is 9.98. The van der Waals surface area contributed by atoms with E-state index in [9.17, 15) is 41.1 Å². The van der Waals surface area contributed by atoms with E-state index in [0.717, 1.165) is 22.3 Å². The molecule has 0 fully saturated rings. The van der Waals surface area contributed by atoms with Gasteiger partial charge < -0.3 is 24.8 Å². The van der Waals surface area contributed by atoms with Crippen LogP contribution in [0.5, 0.6) is 5.75 Å². The zero-order valence-corrected chi connectivity index (χ0v) is 28.8. The topological polar surface area (TPSA) is 120 Å². The number of amides is 2. The summed E-state index contributed by atoms with van der Waals surface area (Å²) in [5.74, 6) is -17.5. The first-order valence-corrected chi connectivity index (χ1v) is 16.5. The third kappa shape index (κ3) is 9.18. The van der Waals surface area contributed by atoms with Crippen molar-refractivity contribution in [1.82, 2.24) is 10.6 Å². The molecule has 9 nitrogen and oxygen atoms in total. The Bertz CT molecular complexity index is 1940. The van der Waals surface area contributed by atoms with Crippen LogP contribution in [0.3, 0.4) is 0 Å². The van der Waals surface area contributed by atoms with Crippen LogP contribution in [-0.2, 0) is 30.3 Å². The molecule has 0 aliphatic heterocycles. The van der Waals surface area contributed by atoms with Crippen LogP contribution in [0.4, 0.5) is 26.7 Å². The Hall–Kier alpha value is -5.79. The van der Waals surface area contributed by atoms with Gasteiger partial charge in [-0.3, -0.25) is 9.59 Å². The Morgan fingerprint density at radius 1 is 0.698 bits per heavy atom. The van der Waals surface area contributed by atoms with Crippen molar-refractivity contribution in [3.05, 3.63) is 125 Å². The molecule has 2 atom stereocenters. The lowest BCUT2D eigenvalue weighted by Crippen LogP contribution is -2.53. The van der Waals surface area contributed by atoms with Crippen LogP contribution in [0.1, 0.15) is 56.2 Å². The number of fused-ring (bicyclic) bond motifs is 3. The minimum atomic E-state index is -2.46. The number of hydrogen-bond donors (Lipinski definition) is 2. The molecule has 0 heterocycles. The maximum absolute atomic E-state index is 14.4. The van der Waals surface area contributed by atoms with Crippen LogP contribution < -0.4 is 15.4 Å². The second kappa shape index (κ2) is 16.3. The van der Waals surface area contributed by atoms with Crippen LogP contribution in [0.25, 0.3) is 11.1 Å². The highest BCUT2D eigenvalue weighted by atomic mass is 19.2. The number of carbonyl (C=O) groups excluding carboxylic acids is 4. The third-order valence-electron chi connectivity index (χ3n) is 8.27. The summed E-state index contributed by atoms with van der Waals surface area (Å²) in [6, 6.07) is 19.8. The van der Waals surface area contributed by atoms with Gasteiger partial charge in [0.15, 0.2) is 0 Å². The van der Waals surface area contributed by atoms with E-state index in [0.29, 0.717) is 5.56 Å². The lowest BCUT2D eigenvalue weighted by Gasteiger charge is -2.24. The first kappa shape index (κ1) is 38.4. The Morgan fingerprint density at radius 3 is 1.79 bits per heavy atom. The fourth-order valence-electron chi connectivity index (χ4n) is 5.87. The summed E-state index contributed by atoms with van der Waals surface area (Å²) in [6.07, 6.45) is -2.14. The molecule has 53 heavy (non-hydrogen) atoms. The van der Waals surface area contributed by atoms with Gasteiger partial charge in [-0.25, -0.2) is 22.8 Å². The van der Waals surface area contributed by atoms with E-state index < -0.39 is 76.5 Å². The molecule has 0 bridgehead atoms. The van der Waals surface area contributed by atoms with Crippen molar-refractivity contribution >= 4 is 23.9 Å². The van der Waals surface area contributed by atoms with Gasteiger partial charge in [0, 0.05) is 18.8 Å². The molecular weight excluding hydrogens is 703 g/mol. The van der Waals surface area contributed by atoms with Gasteiger partial charge in [-0.1, -0.05) is 78.9 Å². The standard InChI is InChI=1S/C39H35F5N2O7/c1-39(2,3)53-29(47)18-17-27(46-38(50)51-20-26-24-15-9-7-13-22(24)23-14-8-10-16-25(23)26)36(48)45-28(19-21-11-5-4-6-12-21)37(49)52-35-33(43)31(41)30(40)32(42)34(35)44/h4-16,26-28H,17-20H2,1-3H3,(H,45,48)(H,46,50)/t27-,28-/m0/s1. The molecule has 14 heteroatoms. The summed E-state index contributed by atoms with van der Waals surface area (Å²) < 4.78 is 85.8. The Balaban J connectivity index is 1.36. The molecule has 278 valence electrons. The second-order valence-corrected chi connectivity index (χ2v) is 13.2. The lowest BCUT2D eigenvalue weighted by molar-refractivity contribution is -0.155. The highest BCUT2D eigenvalue weighted by Gasteiger charge is 2.34. The molecule has 4 aromatic rings. The van der Waals surface area contributed by atoms with Crippen LogP contribution in [-0.4, -0.2) is 48.2 Å². The molecule has 2 amide bonds. The van der Waals surface area contributed by atoms with Gasteiger partial charge in [-0.05, 0) is 55.0 Å². The predicted molar refractivity (Wildman–Crippen MR) is 181 cm³/mol. The molecule has 5 rings (SSSR count). The normalized spacial score (nSPS) is 13.3. The van der Waals surface area contributed by atoms with E-state index >= 15 is 0 Å². The van der Waals surface area contributed by atoms with Crippen molar-refractivity contribution in [3.63, 3.8) is 0 Å². The fourth-order valence-corrected chi connectivity index (χ4v) is 5.87. The average Bonchev–Trinajstić information content (AvgIpc) is 3.45. The summed E-state index contributed by atoms with van der Waals surface area (Å²) >= 11 is 0. The summed E-state index contributed by atoms with van der Waals surface area (Å²) in [7, 11) is 0. The van der Waals surface area contributed by atoms with E-state index in [1.807, 2.05) is 48.5 Å². The number of esters is 2. The van der Waals surface area contributed by atoms with Gasteiger partial charge in [0.05, 0.1) is 0 Å². The second-order valence-electron chi connectivity index (χ2n) is 13.2. The van der Waals surface area contributed by atoms with Crippen molar-refractivity contribution in [2.45, 2.75) is 63.6 Å². The third-order valence-corrected chi connectivity index (χ3v) is 8.27.